The zero-order valence-corrected chi connectivity index (χ0v) is 12.5. The second-order valence-corrected chi connectivity index (χ2v) is 5.11. The van der Waals surface area contributed by atoms with E-state index in [1.165, 1.54) is 11.8 Å². The van der Waals surface area contributed by atoms with Gasteiger partial charge in [-0.15, -0.1) is 16.6 Å². The monoisotopic (exact) mass is 280 g/mol. The second-order valence-electron chi connectivity index (χ2n) is 4.17. The van der Waals surface area contributed by atoms with Crippen molar-refractivity contribution < 1.29 is 4.79 Å². The number of carbonyl (C=O) groups excluding carboxylic acids is 1. The highest BCUT2D eigenvalue weighted by Gasteiger charge is 2.25. The third-order valence-electron chi connectivity index (χ3n) is 3.12. The number of hydrogen-bond donors (Lipinski definition) is 1. The summed E-state index contributed by atoms with van der Waals surface area (Å²) in [5.74, 6) is 2.91. The van der Waals surface area contributed by atoms with Crippen LogP contribution in [0.1, 0.15) is 33.6 Å². The van der Waals surface area contributed by atoms with Crippen molar-refractivity contribution >= 4 is 17.7 Å². The molecule has 0 unspecified atom stereocenters. The van der Waals surface area contributed by atoms with Crippen LogP contribution in [-0.2, 0) is 11.3 Å². The Morgan fingerprint density at radius 2 is 2.21 bits per heavy atom. The molecule has 0 aliphatic rings. The molecule has 1 heterocycles. The highest BCUT2D eigenvalue weighted by molar-refractivity contribution is 7.99. The minimum Gasteiger partial charge on any atom is -0.339 e. The molecular weight excluding hydrogens is 260 g/mol. The van der Waals surface area contributed by atoms with Crippen LogP contribution in [0.5, 0.6) is 0 Å². The fraction of sp³-hybridized carbons (Fsp3) is 0.615. The lowest BCUT2D eigenvalue weighted by Gasteiger charge is -2.26. The van der Waals surface area contributed by atoms with Crippen molar-refractivity contribution in [1.29, 1.82) is 0 Å². The predicted molar refractivity (Wildman–Crippen MR) is 76.7 cm³/mol. The number of amides is 1. The number of rotatable bonds is 7. The molecule has 0 saturated heterocycles. The van der Waals surface area contributed by atoms with Gasteiger partial charge in [-0.05, 0) is 19.8 Å². The number of nitrogens with one attached hydrogen (secondary N) is 1. The molecule has 0 atom stereocenters. The molecule has 5 nitrogen and oxygen atoms in total. The lowest BCUT2D eigenvalue weighted by molar-refractivity contribution is -0.119. The summed E-state index contributed by atoms with van der Waals surface area (Å²) in [7, 11) is 0. The molecule has 1 amide bonds. The fourth-order valence-electron chi connectivity index (χ4n) is 1.67. The van der Waals surface area contributed by atoms with Gasteiger partial charge in [-0.3, -0.25) is 4.79 Å². The minimum atomic E-state index is -0.532. The van der Waals surface area contributed by atoms with Crippen molar-refractivity contribution in [1.82, 2.24) is 20.1 Å². The lowest BCUT2D eigenvalue weighted by atomic mass is 9.94. The van der Waals surface area contributed by atoms with Gasteiger partial charge < -0.3 is 9.88 Å². The molecular formula is C13H20N4OS. The van der Waals surface area contributed by atoms with Crippen LogP contribution in [0.4, 0.5) is 0 Å². The smallest absolute Gasteiger partial charge is 0.231 e. The van der Waals surface area contributed by atoms with Crippen LogP contribution in [0.25, 0.3) is 0 Å². The highest BCUT2D eigenvalue weighted by Crippen LogP contribution is 2.17. The van der Waals surface area contributed by atoms with Crippen LogP contribution in [0, 0.1) is 12.3 Å². The summed E-state index contributed by atoms with van der Waals surface area (Å²) >= 11 is 1.37. The molecule has 0 radical (unpaired) electrons. The van der Waals surface area contributed by atoms with Crippen LogP contribution < -0.4 is 5.32 Å². The van der Waals surface area contributed by atoms with Crippen molar-refractivity contribution in [2.75, 3.05) is 5.75 Å². The van der Waals surface area contributed by atoms with Gasteiger partial charge in [-0.25, -0.2) is 0 Å². The summed E-state index contributed by atoms with van der Waals surface area (Å²) in [6.45, 7) is 6.75. The van der Waals surface area contributed by atoms with Crippen LogP contribution in [-0.4, -0.2) is 32.0 Å². The van der Waals surface area contributed by atoms with Gasteiger partial charge in [0.05, 0.1) is 5.75 Å². The standard InChI is InChI=1S/C13H20N4OS/c1-5-13(6-2,7-3)15-11(18)9-19-12-16-14-10-17(12)8-4/h1,10H,6-9H2,2-4H3,(H,15,18). The number of aryl methyl sites for hydroxylation is 1. The summed E-state index contributed by atoms with van der Waals surface area (Å²) in [6, 6.07) is 0. The topological polar surface area (TPSA) is 59.8 Å². The van der Waals surface area contributed by atoms with E-state index in [9.17, 15) is 4.79 Å². The van der Waals surface area contributed by atoms with Crippen molar-refractivity contribution in [3.05, 3.63) is 6.33 Å². The maximum atomic E-state index is 11.9. The van der Waals surface area contributed by atoms with Crippen LogP contribution in [0.15, 0.2) is 11.5 Å². The highest BCUT2D eigenvalue weighted by atomic mass is 32.2. The Hall–Kier alpha value is -1.48. The zero-order valence-electron chi connectivity index (χ0n) is 11.6. The van der Waals surface area contributed by atoms with E-state index in [1.54, 1.807) is 6.33 Å². The second kappa shape index (κ2) is 7.19. The molecule has 0 aliphatic heterocycles. The van der Waals surface area contributed by atoms with Gasteiger partial charge in [-0.2, -0.15) is 0 Å². The molecule has 0 spiro atoms. The largest absolute Gasteiger partial charge is 0.339 e. The van der Waals surface area contributed by atoms with E-state index >= 15 is 0 Å². The molecule has 0 saturated carbocycles. The Labute approximate surface area is 118 Å². The summed E-state index contributed by atoms with van der Waals surface area (Å²) in [6.07, 6.45) is 8.62. The predicted octanol–water partition coefficient (Wildman–Crippen LogP) is 1.70. The van der Waals surface area contributed by atoms with Crippen LogP contribution in [0.3, 0.4) is 0 Å². The first-order valence-electron chi connectivity index (χ1n) is 6.40. The zero-order chi connectivity index (χ0) is 14.3. The molecule has 0 bridgehead atoms. The molecule has 1 N–H and O–H groups in total. The van der Waals surface area contributed by atoms with Crippen molar-refractivity contribution in [2.24, 2.45) is 0 Å². The van der Waals surface area contributed by atoms with Crippen molar-refractivity contribution in [3.63, 3.8) is 0 Å². The molecule has 0 aliphatic carbocycles. The molecule has 1 aromatic rings. The third kappa shape index (κ3) is 4.00. The minimum absolute atomic E-state index is 0.0719. The first-order chi connectivity index (χ1) is 9.10. The van der Waals surface area contributed by atoms with E-state index in [0.29, 0.717) is 5.75 Å². The fourth-order valence-corrected chi connectivity index (χ4v) is 2.45. The quantitative estimate of drug-likeness (QED) is 0.610. The summed E-state index contributed by atoms with van der Waals surface area (Å²) in [5.41, 5.74) is -0.532. The van der Waals surface area contributed by atoms with Gasteiger partial charge in [-0.1, -0.05) is 31.5 Å². The SMILES string of the molecule is C#CC(CC)(CC)NC(=O)CSc1nncn1CC. The number of aromatic nitrogens is 3. The first kappa shape index (κ1) is 15.6. The molecule has 1 aromatic heterocycles. The van der Waals surface area contributed by atoms with E-state index in [0.717, 1.165) is 24.5 Å². The van der Waals surface area contributed by atoms with Gasteiger partial charge in [0.15, 0.2) is 5.16 Å². The summed E-state index contributed by atoms with van der Waals surface area (Å²) in [4.78, 5) is 11.9. The Balaban J connectivity index is 2.55. The van der Waals surface area contributed by atoms with Gasteiger partial charge in [0.1, 0.15) is 11.9 Å². The number of nitrogens with zero attached hydrogens (tertiary/aromatic N) is 3. The Morgan fingerprint density at radius 3 is 2.74 bits per heavy atom. The van der Waals surface area contributed by atoms with Crippen LogP contribution >= 0.6 is 11.8 Å². The maximum absolute atomic E-state index is 11.9. The molecule has 6 heteroatoms. The number of hydrogen-bond acceptors (Lipinski definition) is 4. The van der Waals surface area contributed by atoms with Crippen molar-refractivity contribution in [3.8, 4) is 12.3 Å². The number of carbonyl (C=O) groups is 1. The Morgan fingerprint density at radius 1 is 1.53 bits per heavy atom. The lowest BCUT2D eigenvalue weighted by Crippen LogP contribution is -2.47. The Bertz CT molecular complexity index is 459. The molecule has 104 valence electrons. The Kier molecular flexibility index (Phi) is 5.90. The van der Waals surface area contributed by atoms with Crippen molar-refractivity contribution in [2.45, 2.75) is 50.9 Å². The van der Waals surface area contributed by atoms with E-state index < -0.39 is 5.54 Å². The van der Waals surface area contributed by atoms with Gasteiger partial charge >= 0.3 is 0 Å². The van der Waals surface area contributed by atoms with Gasteiger partial charge in [0.25, 0.3) is 0 Å². The van der Waals surface area contributed by atoms with E-state index in [-0.39, 0.29) is 5.91 Å². The number of thioether (sulfide) groups is 1. The van der Waals surface area contributed by atoms with E-state index in [1.807, 2.05) is 25.3 Å². The van der Waals surface area contributed by atoms with Crippen LogP contribution in [0.2, 0.25) is 0 Å². The first-order valence-corrected chi connectivity index (χ1v) is 7.38. The summed E-state index contributed by atoms with van der Waals surface area (Å²) in [5, 5.41) is 11.5. The third-order valence-corrected chi connectivity index (χ3v) is 4.10. The van der Waals surface area contributed by atoms with E-state index in [2.05, 4.69) is 21.4 Å². The van der Waals surface area contributed by atoms with Gasteiger partial charge in [0.2, 0.25) is 5.91 Å². The normalized spacial score (nSPS) is 11.1. The average molecular weight is 280 g/mol. The van der Waals surface area contributed by atoms with Gasteiger partial charge in [0, 0.05) is 6.54 Å². The molecule has 0 aromatic carbocycles. The molecule has 0 fully saturated rings. The average Bonchev–Trinajstić information content (AvgIpc) is 2.90. The maximum Gasteiger partial charge on any atom is 0.231 e. The number of terminal acetylenes is 1. The molecule has 1 rings (SSSR count). The molecule has 19 heavy (non-hydrogen) atoms. The van der Waals surface area contributed by atoms with E-state index in [4.69, 9.17) is 6.42 Å². The summed E-state index contributed by atoms with van der Waals surface area (Å²) < 4.78 is 1.89.